The van der Waals surface area contributed by atoms with Crippen molar-refractivity contribution in [2.75, 3.05) is 0 Å². The molecule has 152 valence electrons. The van der Waals surface area contributed by atoms with E-state index >= 15 is 0 Å². The molecule has 5 rings (SSSR count). The second-order valence-electron chi connectivity index (χ2n) is 6.95. The zero-order valence-corrected chi connectivity index (χ0v) is 15.8. The van der Waals surface area contributed by atoms with Gasteiger partial charge in [-0.1, -0.05) is 42.5 Å². The predicted molar refractivity (Wildman–Crippen MR) is 108 cm³/mol. The number of hydrogen-bond acceptors (Lipinski definition) is 4. The van der Waals surface area contributed by atoms with Crippen LogP contribution in [0.5, 0.6) is 0 Å². The van der Waals surface area contributed by atoms with Crippen LogP contribution < -0.4 is 0 Å². The molecule has 0 saturated heterocycles. The summed E-state index contributed by atoms with van der Waals surface area (Å²) in [6.07, 6.45) is -4.85. The summed E-state index contributed by atoms with van der Waals surface area (Å²) in [6, 6.07) is 21.9. The van der Waals surface area contributed by atoms with Crippen LogP contribution in [0.2, 0.25) is 0 Å². The maximum absolute atomic E-state index is 14.9. The highest BCUT2D eigenvalue weighted by molar-refractivity contribution is 5.97. The van der Waals surface area contributed by atoms with Gasteiger partial charge in [-0.2, -0.15) is 23.4 Å². The Morgan fingerprint density at radius 3 is 2.26 bits per heavy atom. The topological polar surface area (TPSA) is 63.2 Å². The number of aliphatic imine (C=N–C) groups is 1. The molecule has 1 aliphatic heterocycles. The van der Waals surface area contributed by atoms with E-state index in [4.69, 9.17) is 10.00 Å². The summed E-state index contributed by atoms with van der Waals surface area (Å²) in [7, 11) is 0. The number of ether oxygens (including phenoxy) is 1. The van der Waals surface area contributed by atoms with Crippen molar-refractivity contribution < 1.29 is 17.9 Å². The van der Waals surface area contributed by atoms with E-state index in [1.54, 1.807) is 30.3 Å². The van der Waals surface area contributed by atoms with E-state index in [0.29, 0.717) is 16.6 Å². The van der Waals surface area contributed by atoms with Crippen LogP contribution in [0.15, 0.2) is 83.9 Å². The van der Waals surface area contributed by atoms with Crippen molar-refractivity contribution in [2.24, 2.45) is 4.99 Å². The summed E-state index contributed by atoms with van der Waals surface area (Å²) in [5.41, 5.74) is -1.67. The Bertz CT molecular complexity index is 1350. The second kappa shape index (κ2) is 6.71. The van der Waals surface area contributed by atoms with Crippen molar-refractivity contribution in [2.45, 2.75) is 11.9 Å². The lowest BCUT2D eigenvalue weighted by Gasteiger charge is -2.40. The van der Waals surface area contributed by atoms with E-state index in [1.807, 2.05) is 6.07 Å². The Morgan fingerprint density at radius 2 is 1.58 bits per heavy atom. The zero-order valence-electron chi connectivity index (χ0n) is 15.8. The van der Waals surface area contributed by atoms with E-state index in [2.05, 4.69) is 9.98 Å². The molecule has 0 N–H and O–H groups in total. The molecule has 0 spiro atoms. The summed E-state index contributed by atoms with van der Waals surface area (Å²) in [4.78, 5) is 8.65. The maximum Gasteiger partial charge on any atom is 0.454 e. The van der Waals surface area contributed by atoms with Crippen LogP contribution in [0.4, 0.5) is 19.1 Å². The normalized spacial score (nSPS) is 18.1. The summed E-state index contributed by atoms with van der Waals surface area (Å²) >= 11 is 0. The fourth-order valence-corrected chi connectivity index (χ4v) is 3.71. The molecular weight excluding hydrogens is 405 g/mol. The van der Waals surface area contributed by atoms with Crippen molar-refractivity contribution in [3.63, 3.8) is 0 Å². The van der Waals surface area contributed by atoms with E-state index in [9.17, 15) is 13.2 Å². The van der Waals surface area contributed by atoms with E-state index in [-0.39, 0.29) is 22.9 Å². The van der Waals surface area contributed by atoms with Gasteiger partial charge in [0.25, 0.3) is 0 Å². The van der Waals surface area contributed by atoms with Crippen LogP contribution in [0.3, 0.4) is 0 Å². The number of nitriles is 1. The molecule has 3 aromatic carbocycles. The lowest BCUT2D eigenvalue weighted by atomic mass is 10.00. The van der Waals surface area contributed by atoms with Gasteiger partial charge in [0.1, 0.15) is 0 Å². The Balaban J connectivity index is 1.85. The van der Waals surface area contributed by atoms with Crippen LogP contribution in [0.25, 0.3) is 11.0 Å². The smallest absolute Gasteiger partial charge is 0.436 e. The standard InChI is InChI=1S/C23H13F3N4O/c24-23(25,26)22(17-6-2-1-3-7-17)30-19-9-5-4-8-18(19)28-21(30)29-20(31-22)16-12-10-15(14-27)11-13-16/h1-13H/t22-/m1/s1. The first-order chi connectivity index (χ1) is 14.9. The van der Waals surface area contributed by atoms with Crippen LogP contribution in [0.1, 0.15) is 16.7 Å². The highest BCUT2D eigenvalue weighted by Crippen LogP contribution is 2.49. The van der Waals surface area contributed by atoms with Gasteiger partial charge in [0.2, 0.25) is 11.8 Å². The molecule has 0 bridgehead atoms. The third-order valence-corrected chi connectivity index (χ3v) is 5.11. The Morgan fingerprint density at radius 1 is 0.903 bits per heavy atom. The van der Waals surface area contributed by atoms with Gasteiger partial charge in [0.05, 0.1) is 22.7 Å². The monoisotopic (exact) mass is 418 g/mol. The minimum absolute atomic E-state index is 0.104. The molecule has 0 unspecified atom stereocenters. The molecule has 0 aliphatic carbocycles. The molecule has 4 aromatic rings. The van der Waals surface area contributed by atoms with E-state index in [1.165, 1.54) is 48.5 Å². The van der Waals surface area contributed by atoms with Gasteiger partial charge in [-0.25, -0.2) is 4.98 Å². The summed E-state index contributed by atoms with van der Waals surface area (Å²) in [6.45, 7) is 0. The summed E-state index contributed by atoms with van der Waals surface area (Å²) in [5, 5.41) is 9.01. The Hall–Kier alpha value is -4.12. The fraction of sp³-hybridized carbons (Fsp3) is 0.0870. The second-order valence-corrected chi connectivity index (χ2v) is 6.95. The van der Waals surface area contributed by atoms with Gasteiger partial charge in [0, 0.05) is 11.1 Å². The minimum atomic E-state index is -4.85. The van der Waals surface area contributed by atoms with Crippen molar-refractivity contribution in [3.8, 4) is 6.07 Å². The van der Waals surface area contributed by atoms with E-state index in [0.717, 1.165) is 4.57 Å². The molecule has 0 amide bonds. The van der Waals surface area contributed by atoms with Crippen molar-refractivity contribution >= 4 is 22.9 Å². The molecule has 31 heavy (non-hydrogen) atoms. The molecule has 1 atom stereocenters. The molecule has 8 heteroatoms. The maximum atomic E-state index is 14.9. The van der Waals surface area contributed by atoms with Crippen LogP contribution in [-0.2, 0) is 10.5 Å². The molecule has 0 radical (unpaired) electrons. The molecule has 1 aliphatic rings. The SMILES string of the molecule is N#Cc1ccc(C2=Nc3nc4ccccc4n3[C@@](c3ccccc3)(C(F)(F)F)O2)cc1. The lowest BCUT2D eigenvalue weighted by Crippen LogP contribution is -2.53. The van der Waals surface area contributed by atoms with Crippen molar-refractivity contribution in [1.29, 1.82) is 5.26 Å². The highest BCUT2D eigenvalue weighted by atomic mass is 19.4. The molecule has 0 fully saturated rings. The Kier molecular flexibility index (Phi) is 4.08. The van der Waals surface area contributed by atoms with Gasteiger partial charge in [0.15, 0.2) is 0 Å². The number of hydrogen-bond donors (Lipinski definition) is 0. The number of benzene rings is 3. The molecule has 5 nitrogen and oxygen atoms in total. The quantitative estimate of drug-likeness (QED) is 0.445. The largest absolute Gasteiger partial charge is 0.454 e. The minimum Gasteiger partial charge on any atom is -0.436 e. The van der Waals surface area contributed by atoms with Gasteiger partial charge >= 0.3 is 11.9 Å². The third-order valence-electron chi connectivity index (χ3n) is 5.11. The van der Waals surface area contributed by atoms with Crippen LogP contribution in [-0.4, -0.2) is 21.6 Å². The number of rotatable bonds is 2. The van der Waals surface area contributed by atoms with Gasteiger partial charge in [-0.3, -0.25) is 4.57 Å². The zero-order chi connectivity index (χ0) is 21.6. The average molecular weight is 418 g/mol. The third kappa shape index (κ3) is 2.78. The predicted octanol–water partition coefficient (Wildman–Crippen LogP) is 5.28. The first-order valence-corrected chi connectivity index (χ1v) is 9.32. The highest BCUT2D eigenvalue weighted by Gasteiger charge is 2.63. The number of fused-ring (bicyclic) bond motifs is 3. The van der Waals surface area contributed by atoms with Crippen molar-refractivity contribution in [3.05, 3.63) is 95.6 Å². The fourth-order valence-electron chi connectivity index (χ4n) is 3.71. The lowest BCUT2D eigenvalue weighted by molar-refractivity contribution is -0.271. The number of alkyl halides is 3. The van der Waals surface area contributed by atoms with Gasteiger partial charge in [-0.15, -0.1) is 0 Å². The number of nitrogens with zero attached hydrogens (tertiary/aromatic N) is 4. The Labute approximate surface area is 174 Å². The van der Waals surface area contributed by atoms with Gasteiger partial charge in [-0.05, 0) is 36.4 Å². The summed E-state index contributed by atoms with van der Waals surface area (Å²) in [5.74, 6) is -0.346. The first kappa shape index (κ1) is 18.9. The molecule has 1 aromatic heterocycles. The number of para-hydroxylation sites is 2. The molecule has 2 heterocycles. The number of imidazole rings is 1. The van der Waals surface area contributed by atoms with Crippen LogP contribution in [0, 0.1) is 11.3 Å². The molecule has 0 saturated carbocycles. The van der Waals surface area contributed by atoms with E-state index < -0.39 is 11.9 Å². The van der Waals surface area contributed by atoms with Crippen molar-refractivity contribution in [1.82, 2.24) is 9.55 Å². The summed E-state index contributed by atoms with van der Waals surface area (Å²) < 4.78 is 51.4. The van der Waals surface area contributed by atoms with Crippen LogP contribution >= 0.6 is 0 Å². The number of halogens is 3. The first-order valence-electron chi connectivity index (χ1n) is 9.32. The van der Waals surface area contributed by atoms with Gasteiger partial charge < -0.3 is 4.74 Å². The number of aromatic nitrogens is 2. The molecular formula is C23H13F3N4O. The average Bonchev–Trinajstić information content (AvgIpc) is 3.17.